The molecule has 1 aliphatic carbocycles. The van der Waals surface area contributed by atoms with Gasteiger partial charge in [-0.25, -0.2) is 23.1 Å². The van der Waals surface area contributed by atoms with Crippen LogP contribution in [0.2, 0.25) is 0 Å². The highest BCUT2D eigenvalue weighted by Gasteiger charge is 2.35. The zero-order chi connectivity index (χ0) is 20.5. The van der Waals surface area contributed by atoms with Gasteiger partial charge in [-0.2, -0.15) is 13.2 Å². The normalized spacial score (nSPS) is 14.9. The number of carbonyl (C=O) groups is 1. The Labute approximate surface area is 160 Å². The Kier molecular flexibility index (Phi) is 5.53. The Hall–Kier alpha value is -2.33. The van der Waals surface area contributed by atoms with Crippen molar-refractivity contribution in [1.82, 2.24) is 14.7 Å². The summed E-state index contributed by atoms with van der Waals surface area (Å²) in [6, 6.07) is 6.35. The van der Waals surface area contributed by atoms with Gasteiger partial charge in [0.1, 0.15) is 11.5 Å². The number of aromatic nitrogens is 2. The summed E-state index contributed by atoms with van der Waals surface area (Å²) in [5.74, 6) is -0.226. The molecule has 1 N–H and O–H groups in total. The summed E-state index contributed by atoms with van der Waals surface area (Å²) >= 11 is 0. The molecule has 2 aromatic rings. The van der Waals surface area contributed by atoms with Crippen molar-refractivity contribution >= 4 is 15.8 Å². The molecule has 10 heteroatoms. The molecule has 0 radical (unpaired) electrons. The van der Waals surface area contributed by atoms with Crippen LogP contribution in [0.1, 0.15) is 53.3 Å². The fraction of sp³-hybridized carbons (Fsp3) is 0.389. The zero-order valence-electron chi connectivity index (χ0n) is 15.0. The van der Waals surface area contributed by atoms with Gasteiger partial charge in [-0.1, -0.05) is 12.1 Å². The number of Topliss-reactive ketones (excluding diaryl/α,β-unsaturated/α-hetero) is 1. The summed E-state index contributed by atoms with van der Waals surface area (Å²) in [4.78, 5) is 18.9. The molecule has 1 heterocycles. The third-order valence-corrected chi connectivity index (χ3v) is 5.77. The number of hydrogen-bond donors (Lipinski definition) is 1. The molecule has 150 valence electrons. The van der Waals surface area contributed by atoms with E-state index in [1.165, 1.54) is 31.2 Å². The minimum absolute atomic E-state index is 0.0133. The minimum atomic E-state index is -4.58. The molecule has 1 aromatic carbocycles. The third-order valence-electron chi connectivity index (χ3n) is 4.29. The first kappa shape index (κ1) is 20.4. The van der Waals surface area contributed by atoms with Crippen molar-refractivity contribution in [2.24, 2.45) is 0 Å². The number of halogens is 3. The molecule has 0 aliphatic heterocycles. The fourth-order valence-electron chi connectivity index (χ4n) is 2.61. The van der Waals surface area contributed by atoms with Gasteiger partial charge in [0.2, 0.25) is 10.0 Å². The monoisotopic (exact) mass is 413 g/mol. The van der Waals surface area contributed by atoms with Gasteiger partial charge in [0.05, 0.1) is 4.90 Å². The number of benzene rings is 1. The average Bonchev–Trinajstić information content (AvgIpc) is 3.46. The van der Waals surface area contributed by atoms with Crippen molar-refractivity contribution in [3.63, 3.8) is 0 Å². The first-order chi connectivity index (χ1) is 13.1. The van der Waals surface area contributed by atoms with Crippen LogP contribution < -0.4 is 4.72 Å². The number of nitrogens with zero attached hydrogens (tertiary/aromatic N) is 2. The predicted octanol–water partition coefficient (Wildman–Crippen LogP) is 3.10. The molecule has 6 nitrogen and oxygen atoms in total. The molecule has 1 fully saturated rings. The number of nitrogens with one attached hydrogen (secondary N) is 1. The van der Waals surface area contributed by atoms with Crippen molar-refractivity contribution in [2.45, 2.75) is 43.2 Å². The van der Waals surface area contributed by atoms with E-state index < -0.39 is 21.9 Å². The van der Waals surface area contributed by atoms with E-state index in [2.05, 4.69) is 14.7 Å². The van der Waals surface area contributed by atoms with Gasteiger partial charge < -0.3 is 0 Å². The van der Waals surface area contributed by atoms with E-state index in [1.807, 2.05) is 0 Å². The highest BCUT2D eigenvalue weighted by atomic mass is 32.2. The van der Waals surface area contributed by atoms with E-state index in [1.54, 1.807) is 0 Å². The lowest BCUT2D eigenvalue weighted by atomic mass is 10.2. The van der Waals surface area contributed by atoms with Crippen LogP contribution in [0.25, 0.3) is 0 Å². The van der Waals surface area contributed by atoms with E-state index in [-0.39, 0.29) is 35.4 Å². The lowest BCUT2D eigenvalue weighted by Gasteiger charge is -2.11. The van der Waals surface area contributed by atoms with Crippen molar-refractivity contribution in [2.75, 3.05) is 6.54 Å². The molecule has 0 amide bonds. The Bertz CT molecular complexity index is 985. The molecule has 1 aromatic heterocycles. The van der Waals surface area contributed by atoms with Gasteiger partial charge >= 0.3 is 6.18 Å². The number of sulfonamides is 1. The summed E-state index contributed by atoms with van der Waals surface area (Å²) < 4.78 is 66.0. The summed E-state index contributed by atoms with van der Waals surface area (Å²) in [5, 5.41) is 0. The molecule has 0 unspecified atom stereocenters. The topological polar surface area (TPSA) is 89.0 Å². The molecule has 3 rings (SSSR count). The number of ketones is 1. The molecule has 28 heavy (non-hydrogen) atoms. The van der Waals surface area contributed by atoms with Gasteiger partial charge in [-0.15, -0.1) is 0 Å². The molecule has 0 atom stereocenters. The maximum absolute atomic E-state index is 13.0. The van der Waals surface area contributed by atoms with Crippen LogP contribution in [0.5, 0.6) is 0 Å². The maximum Gasteiger partial charge on any atom is 0.433 e. The summed E-state index contributed by atoms with van der Waals surface area (Å²) in [5.41, 5.74) is -0.286. The molecule has 1 saturated carbocycles. The summed E-state index contributed by atoms with van der Waals surface area (Å²) in [6.45, 7) is 1.22. The van der Waals surface area contributed by atoms with Crippen LogP contribution in [0.3, 0.4) is 0 Å². The lowest BCUT2D eigenvalue weighted by molar-refractivity contribution is -0.141. The van der Waals surface area contributed by atoms with E-state index in [9.17, 15) is 26.4 Å². The number of hydrogen-bond acceptors (Lipinski definition) is 5. The van der Waals surface area contributed by atoms with Gasteiger partial charge in [-0.3, -0.25) is 4.79 Å². The highest BCUT2D eigenvalue weighted by Crippen LogP contribution is 2.40. The van der Waals surface area contributed by atoms with E-state index in [0.717, 1.165) is 18.9 Å². The van der Waals surface area contributed by atoms with Crippen LogP contribution in [-0.2, 0) is 22.6 Å². The minimum Gasteiger partial charge on any atom is -0.295 e. The molecular weight excluding hydrogens is 395 g/mol. The first-order valence-electron chi connectivity index (χ1n) is 8.62. The predicted molar refractivity (Wildman–Crippen MR) is 94.3 cm³/mol. The van der Waals surface area contributed by atoms with Crippen molar-refractivity contribution in [1.29, 1.82) is 0 Å². The Morgan fingerprint density at radius 3 is 2.36 bits per heavy atom. The first-order valence-corrected chi connectivity index (χ1v) is 10.1. The summed E-state index contributed by atoms with van der Waals surface area (Å²) in [6.07, 6.45) is -3.08. The Morgan fingerprint density at radius 1 is 1.18 bits per heavy atom. The van der Waals surface area contributed by atoms with Gasteiger partial charge in [0.25, 0.3) is 0 Å². The van der Waals surface area contributed by atoms with Crippen LogP contribution in [0.4, 0.5) is 13.2 Å². The van der Waals surface area contributed by atoms with E-state index >= 15 is 0 Å². The average molecular weight is 413 g/mol. The highest BCUT2D eigenvalue weighted by molar-refractivity contribution is 7.89. The SMILES string of the molecule is CC(=O)c1ccc(S(=O)(=O)NCCc2nc(C3CC3)cc(C(F)(F)F)n2)cc1. The number of carbonyl (C=O) groups excluding carboxylic acids is 1. The Balaban J connectivity index is 1.70. The van der Waals surface area contributed by atoms with Crippen LogP contribution in [0, 0.1) is 0 Å². The zero-order valence-corrected chi connectivity index (χ0v) is 15.8. The molecule has 0 spiro atoms. The largest absolute Gasteiger partial charge is 0.433 e. The third kappa shape index (κ3) is 4.93. The van der Waals surface area contributed by atoms with Crippen LogP contribution >= 0.6 is 0 Å². The van der Waals surface area contributed by atoms with Crippen LogP contribution in [-0.4, -0.2) is 30.7 Å². The van der Waals surface area contributed by atoms with Crippen molar-refractivity contribution < 1.29 is 26.4 Å². The van der Waals surface area contributed by atoms with Crippen molar-refractivity contribution in [3.8, 4) is 0 Å². The second kappa shape index (κ2) is 7.59. The van der Waals surface area contributed by atoms with E-state index in [4.69, 9.17) is 0 Å². The Morgan fingerprint density at radius 2 is 1.82 bits per heavy atom. The smallest absolute Gasteiger partial charge is 0.295 e. The van der Waals surface area contributed by atoms with Gasteiger partial charge in [0, 0.05) is 30.1 Å². The van der Waals surface area contributed by atoms with Gasteiger partial charge in [-0.05, 0) is 38.0 Å². The fourth-order valence-corrected chi connectivity index (χ4v) is 3.64. The second-order valence-electron chi connectivity index (χ2n) is 6.59. The molecule has 1 aliphatic rings. The van der Waals surface area contributed by atoms with Gasteiger partial charge in [0.15, 0.2) is 5.78 Å². The quantitative estimate of drug-likeness (QED) is 0.705. The summed E-state index contributed by atoms with van der Waals surface area (Å²) in [7, 11) is -3.86. The molecular formula is C18H18F3N3O3S. The van der Waals surface area contributed by atoms with E-state index in [0.29, 0.717) is 11.3 Å². The standard InChI is InChI=1S/C18H18F3N3O3S/c1-11(25)12-4-6-14(7-5-12)28(26,27)22-9-8-17-23-15(13-2-3-13)10-16(24-17)18(19,20)21/h4-7,10,13,22H,2-3,8-9H2,1H3. The lowest BCUT2D eigenvalue weighted by Crippen LogP contribution is -2.27. The molecule has 0 saturated heterocycles. The molecule has 0 bridgehead atoms. The van der Waals surface area contributed by atoms with Crippen LogP contribution in [0.15, 0.2) is 35.2 Å². The number of rotatable bonds is 7. The second-order valence-corrected chi connectivity index (χ2v) is 8.36. The van der Waals surface area contributed by atoms with Crippen molar-refractivity contribution in [3.05, 3.63) is 53.1 Å². The maximum atomic E-state index is 13.0. The number of alkyl halides is 3.